The van der Waals surface area contributed by atoms with Crippen molar-refractivity contribution in [3.63, 3.8) is 0 Å². The van der Waals surface area contributed by atoms with E-state index in [2.05, 4.69) is 0 Å². The smallest absolute Gasteiger partial charge is 0.341 e. The predicted octanol–water partition coefficient (Wildman–Crippen LogP) is 4.50. The molecule has 0 amide bonds. The van der Waals surface area contributed by atoms with E-state index in [1.54, 1.807) is 14.2 Å². The molecule has 1 aliphatic rings. The van der Waals surface area contributed by atoms with Crippen LogP contribution in [0.25, 0.3) is 11.3 Å². The van der Waals surface area contributed by atoms with Crippen LogP contribution in [-0.2, 0) is 11.2 Å². The Labute approximate surface area is 193 Å². The molecule has 3 aromatic rings. The van der Waals surface area contributed by atoms with E-state index in [4.69, 9.17) is 25.8 Å². The number of thiophene rings is 1. The summed E-state index contributed by atoms with van der Waals surface area (Å²) in [5.41, 5.74) is 1.59. The maximum Gasteiger partial charge on any atom is 0.341 e. The second-order valence-corrected chi connectivity index (χ2v) is 9.11. The minimum atomic E-state index is -1.25. The van der Waals surface area contributed by atoms with Crippen LogP contribution in [0.1, 0.15) is 33.3 Å². The van der Waals surface area contributed by atoms with Crippen molar-refractivity contribution in [2.24, 2.45) is 0 Å². The molecule has 1 unspecified atom stereocenters. The second kappa shape index (κ2) is 9.36. The first-order valence-corrected chi connectivity index (χ1v) is 11.2. The van der Waals surface area contributed by atoms with Gasteiger partial charge in [-0.05, 0) is 36.2 Å². The molecule has 1 aromatic carbocycles. The quantitative estimate of drug-likeness (QED) is 0.483. The number of hydrogen-bond donors (Lipinski definition) is 1. The van der Waals surface area contributed by atoms with E-state index in [1.165, 1.54) is 23.6 Å². The Kier molecular flexibility index (Phi) is 6.55. The van der Waals surface area contributed by atoms with Gasteiger partial charge in [-0.1, -0.05) is 11.6 Å². The fourth-order valence-electron chi connectivity index (χ4n) is 3.90. The van der Waals surface area contributed by atoms with Crippen molar-refractivity contribution < 1.29 is 24.1 Å². The molecule has 0 bridgehead atoms. The average Bonchev–Trinajstić information content (AvgIpc) is 3.21. The molecule has 0 saturated heterocycles. The van der Waals surface area contributed by atoms with E-state index < -0.39 is 11.4 Å². The van der Waals surface area contributed by atoms with E-state index in [0.29, 0.717) is 41.2 Å². The molecule has 1 aliphatic heterocycles. The van der Waals surface area contributed by atoms with Crippen LogP contribution >= 0.6 is 22.9 Å². The molecule has 1 N–H and O–H groups in total. The molecule has 9 heteroatoms. The van der Waals surface area contributed by atoms with Gasteiger partial charge < -0.3 is 23.9 Å². The maximum atomic E-state index is 12.5. The highest BCUT2D eigenvalue weighted by molar-refractivity contribution is 7.16. The van der Waals surface area contributed by atoms with Crippen molar-refractivity contribution in [3.05, 3.63) is 67.1 Å². The van der Waals surface area contributed by atoms with E-state index in [-0.39, 0.29) is 11.6 Å². The van der Waals surface area contributed by atoms with Crippen molar-refractivity contribution in [2.75, 3.05) is 27.4 Å². The van der Waals surface area contributed by atoms with Crippen LogP contribution in [-0.4, -0.2) is 43.1 Å². The summed E-state index contributed by atoms with van der Waals surface area (Å²) in [5.74, 6) is -0.0974. The van der Waals surface area contributed by atoms with Gasteiger partial charge in [-0.2, -0.15) is 0 Å². The zero-order chi connectivity index (χ0) is 22.8. The van der Waals surface area contributed by atoms with Crippen molar-refractivity contribution >= 4 is 28.9 Å². The van der Waals surface area contributed by atoms with E-state index >= 15 is 0 Å². The van der Waals surface area contributed by atoms with E-state index in [0.717, 1.165) is 22.4 Å². The van der Waals surface area contributed by atoms with Crippen molar-refractivity contribution in [3.8, 4) is 22.8 Å². The molecular formula is C23H22ClNO6S. The number of pyridine rings is 1. The first-order chi connectivity index (χ1) is 15.4. The highest BCUT2D eigenvalue weighted by atomic mass is 35.5. The molecule has 7 nitrogen and oxygen atoms in total. The number of halogens is 1. The van der Waals surface area contributed by atoms with Crippen molar-refractivity contribution in [2.45, 2.75) is 18.9 Å². The maximum absolute atomic E-state index is 12.5. The molecule has 3 heterocycles. The van der Waals surface area contributed by atoms with Crippen LogP contribution in [0.4, 0.5) is 0 Å². The third kappa shape index (κ3) is 4.26. The summed E-state index contributed by atoms with van der Waals surface area (Å²) in [6, 6.07) is 8.68. The fraction of sp³-hybridized carbons (Fsp3) is 0.304. The van der Waals surface area contributed by atoms with Crippen LogP contribution in [0.5, 0.6) is 11.5 Å². The summed E-state index contributed by atoms with van der Waals surface area (Å²) in [6.07, 6.45) is 2.74. The summed E-state index contributed by atoms with van der Waals surface area (Å²) < 4.78 is 19.0. The number of fused-ring (bicyclic) bond motifs is 3. The van der Waals surface area contributed by atoms with Crippen LogP contribution in [0, 0.1) is 0 Å². The number of carboxylic acids is 1. The molecular weight excluding hydrogens is 454 g/mol. The van der Waals surface area contributed by atoms with Crippen LogP contribution in [0.2, 0.25) is 4.34 Å². The van der Waals surface area contributed by atoms with Gasteiger partial charge in [0.2, 0.25) is 0 Å². The molecule has 0 saturated carbocycles. The molecule has 0 radical (unpaired) electrons. The first kappa shape index (κ1) is 22.4. The van der Waals surface area contributed by atoms with Gasteiger partial charge in [-0.25, -0.2) is 4.79 Å². The van der Waals surface area contributed by atoms with Gasteiger partial charge in [-0.15, -0.1) is 11.3 Å². The Morgan fingerprint density at radius 2 is 2.03 bits per heavy atom. The Bertz CT molecular complexity index is 1220. The second-order valence-electron chi connectivity index (χ2n) is 7.37. The van der Waals surface area contributed by atoms with E-state index in [9.17, 15) is 14.7 Å². The van der Waals surface area contributed by atoms with Gasteiger partial charge in [0, 0.05) is 42.8 Å². The van der Waals surface area contributed by atoms with E-state index in [1.807, 2.05) is 28.8 Å². The number of aromatic nitrogens is 1. The molecule has 0 fully saturated rings. The average molecular weight is 476 g/mol. The zero-order valence-electron chi connectivity index (χ0n) is 17.6. The highest BCUT2D eigenvalue weighted by Crippen LogP contribution is 2.44. The molecule has 2 aromatic heterocycles. The van der Waals surface area contributed by atoms with Gasteiger partial charge >= 0.3 is 5.97 Å². The Balaban J connectivity index is 1.85. The lowest BCUT2D eigenvalue weighted by molar-refractivity contribution is 0.0694. The van der Waals surface area contributed by atoms with Gasteiger partial charge in [0.1, 0.15) is 5.56 Å². The van der Waals surface area contributed by atoms with Gasteiger partial charge in [0.05, 0.1) is 29.8 Å². The molecule has 168 valence electrons. The number of hydrogen-bond acceptors (Lipinski definition) is 6. The lowest BCUT2D eigenvalue weighted by Gasteiger charge is -2.31. The number of rotatable bonds is 8. The summed E-state index contributed by atoms with van der Waals surface area (Å²) in [6.45, 7) is 1.07. The molecule has 0 spiro atoms. The van der Waals surface area contributed by atoms with Crippen LogP contribution in [0.15, 0.2) is 41.3 Å². The van der Waals surface area contributed by atoms with Crippen LogP contribution in [0.3, 0.4) is 0 Å². The number of nitrogens with zero attached hydrogens (tertiary/aromatic N) is 1. The standard InChI is InChI=1S/C23H22ClNO6S/c1-29-6-3-7-31-20-9-13-8-17(21-4-5-22(24)32-21)25-12-15(23(27)28)18(26)11-16(25)14(13)10-19(20)30-2/h4-5,9-12,17H,3,6-8H2,1-2H3,(H,27,28). The predicted molar refractivity (Wildman–Crippen MR) is 123 cm³/mol. The number of carboxylic acid groups (broad SMARTS) is 1. The number of methoxy groups -OCH3 is 2. The molecule has 32 heavy (non-hydrogen) atoms. The fourth-order valence-corrected chi connectivity index (χ4v) is 5.06. The lowest BCUT2D eigenvalue weighted by Crippen LogP contribution is -2.25. The third-order valence-corrected chi connectivity index (χ3v) is 6.73. The summed E-state index contributed by atoms with van der Waals surface area (Å²) in [7, 11) is 3.20. The topological polar surface area (TPSA) is 87.0 Å². The summed E-state index contributed by atoms with van der Waals surface area (Å²) in [4.78, 5) is 25.1. The molecule has 1 atom stereocenters. The normalized spacial score (nSPS) is 14.5. The summed E-state index contributed by atoms with van der Waals surface area (Å²) in [5, 5.41) is 9.49. The number of carbonyl (C=O) groups is 1. The SMILES string of the molecule is COCCCOc1cc2c(cc1OC)-c1cc(=O)c(C(=O)O)cn1C(c1ccc(Cl)s1)C2. The largest absolute Gasteiger partial charge is 0.493 e. The van der Waals surface area contributed by atoms with Crippen LogP contribution < -0.4 is 14.9 Å². The minimum Gasteiger partial charge on any atom is -0.493 e. The Hall–Kier alpha value is -2.81. The highest BCUT2D eigenvalue weighted by Gasteiger charge is 2.29. The Morgan fingerprint density at radius 3 is 2.69 bits per heavy atom. The minimum absolute atomic E-state index is 0.205. The third-order valence-electron chi connectivity index (χ3n) is 5.40. The number of aromatic carboxylic acids is 1. The summed E-state index contributed by atoms with van der Waals surface area (Å²) >= 11 is 7.61. The number of ether oxygens (including phenoxy) is 3. The van der Waals surface area contributed by atoms with Crippen molar-refractivity contribution in [1.29, 1.82) is 0 Å². The van der Waals surface area contributed by atoms with Gasteiger partial charge in [0.25, 0.3) is 0 Å². The van der Waals surface area contributed by atoms with Gasteiger partial charge in [0.15, 0.2) is 16.9 Å². The molecule has 4 rings (SSSR count). The monoisotopic (exact) mass is 475 g/mol. The first-order valence-electron chi connectivity index (χ1n) is 10.0. The van der Waals surface area contributed by atoms with Gasteiger partial charge in [-0.3, -0.25) is 4.79 Å². The van der Waals surface area contributed by atoms with Crippen molar-refractivity contribution in [1.82, 2.24) is 4.57 Å². The Morgan fingerprint density at radius 1 is 1.22 bits per heavy atom. The number of benzene rings is 1. The lowest BCUT2D eigenvalue weighted by atomic mass is 9.91. The zero-order valence-corrected chi connectivity index (χ0v) is 19.2. The molecule has 0 aliphatic carbocycles.